The number of carboxylic acids is 1. The molecule has 1 aromatic rings. The van der Waals surface area contributed by atoms with Crippen LogP contribution in [0.2, 0.25) is 0 Å². The number of aliphatic carboxylic acids is 1. The van der Waals surface area contributed by atoms with Gasteiger partial charge in [0.25, 0.3) is 0 Å². The van der Waals surface area contributed by atoms with E-state index in [1.807, 2.05) is 0 Å². The minimum Gasteiger partial charge on any atom is -0.481 e. The van der Waals surface area contributed by atoms with E-state index in [4.69, 9.17) is 5.11 Å². The van der Waals surface area contributed by atoms with E-state index in [0.717, 1.165) is 25.7 Å². The van der Waals surface area contributed by atoms with Crippen LogP contribution in [0, 0.1) is 5.41 Å². The highest BCUT2D eigenvalue weighted by Gasteiger charge is 2.17. The van der Waals surface area contributed by atoms with Crippen molar-refractivity contribution in [2.24, 2.45) is 5.41 Å². The van der Waals surface area contributed by atoms with Crippen molar-refractivity contribution in [2.75, 3.05) is 0 Å². The zero-order valence-electron chi connectivity index (χ0n) is 10.8. The highest BCUT2D eigenvalue weighted by Crippen LogP contribution is 2.27. The van der Waals surface area contributed by atoms with E-state index in [-0.39, 0.29) is 0 Å². The van der Waals surface area contributed by atoms with Crippen molar-refractivity contribution in [1.82, 2.24) is 0 Å². The standard InChI is InChI=1S/C14H22O2Si/c1-14(2,9-5-3-8-13(15)16)11-12-7-4-6-10-17-12/h4,6-7,10,17H,3,5,8-9,11H2,1-2H3,(H,15,16). The molecule has 0 unspecified atom stereocenters. The lowest BCUT2D eigenvalue weighted by molar-refractivity contribution is -0.137. The van der Waals surface area contributed by atoms with E-state index in [1.54, 1.807) is 5.17 Å². The summed E-state index contributed by atoms with van der Waals surface area (Å²) in [4.78, 5) is 10.4. The Balaban J connectivity index is 2.33. The van der Waals surface area contributed by atoms with Crippen LogP contribution in [0.3, 0.4) is 0 Å². The summed E-state index contributed by atoms with van der Waals surface area (Å²) in [6.07, 6.45) is 4.38. The summed E-state index contributed by atoms with van der Waals surface area (Å²) in [5.41, 5.74) is 2.58. The quantitative estimate of drug-likeness (QED) is 0.597. The summed E-state index contributed by atoms with van der Waals surface area (Å²) in [5.74, 6) is -0.679. The fraction of sp³-hybridized carbons (Fsp3) is 0.571. The fourth-order valence-electron chi connectivity index (χ4n) is 2.12. The van der Waals surface area contributed by atoms with Crippen LogP contribution in [0.15, 0.2) is 23.9 Å². The Bertz CT molecular complexity index is 346. The molecule has 17 heavy (non-hydrogen) atoms. The van der Waals surface area contributed by atoms with Crippen molar-refractivity contribution in [1.29, 1.82) is 0 Å². The van der Waals surface area contributed by atoms with Gasteiger partial charge in [-0.2, -0.15) is 0 Å². The Labute approximate surface area is 106 Å². The van der Waals surface area contributed by atoms with Crippen LogP contribution in [0.4, 0.5) is 0 Å². The molecule has 0 aliphatic carbocycles. The minimum absolute atomic E-state index is 0.302. The van der Waals surface area contributed by atoms with Gasteiger partial charge in [0.2, 0.25) is 0 Å². The normalized spacial score (nSPS) is 11.4. The molecule has 0 aliphatic heterocycles. The lowest BCUT2D eigenvalue weighted by atomic mass is 9.83. The molecule has 0 atom stereocenters. The second-order valence-electron chi connectivity index (χ2n) is 5.43. The molecule has 2 nitrogen and oxygen atoms in total. The first-order chi connectivity index (χ1) is 7.99. The molecule has 0 fully saturated rings. The number of unbranched alkanes of at least 4 members (excludes halogenated alkanes) is 1. The third-order valence-electron chi connectivity index (χ3n) is 3.02. The van der Waals surface area contributed by atoms with Crippen molar-refractivity contribution in [3.63, 3.8) is 0 Å². The van der Waals surface area contributed by atoms with Gasteiger partial charge in [-0.1, -0.05) is 49.3 Å². The van der Waals surface area contributed by atoms with Gasteiger partial charge in [0.15, 0.2) is 0 Å². The largest absolute Gasteiger partial charge is 0.481 e. The predicted molar refractivity (Wildman–Crippen MR) is 72.8 cm³/mol. The van der Waals surface area contributed by atoms with E-state index < -0.39 is 5.97 Å². The van der Waals surface area contributed by atoms with Gasteiger partial charge in [-0.3, -0.25) is 4.79 Å². The monoisotopic (exact) mass is 250 g/mol. The average molecular weight is 250 g/mol. The van der Waals surface area contributed by atoms with Gasteiger partial charge < -0.3 is 5.11 Å². The second-order valence-corrected chi connectivity index (χ2v) is 6.89. The summed E-state index contributed by atoms with van der Waals surface area (Å²) < 4.78 is 0. The van der Waals surface area contributed by atoms with Crippen LogP contribution in [0.1, 0.15) is 44.7 Å². The lowest BCUT2D eigenvalue weighted by Crippen LogP contribution is -2.16. The molecule has 1 rings (SSSR count). The van der Waals surface area contributed by atoms with Gasteiger partial charge in [-0.25, -0.2) is 0 Å². The van der Waals surface area contributed by atoms with Gasteiger partial charge >= 0.3 is 5.97 Å². The van der Waals surface area contributed by atoms with Crippen LogP contribution < -0.4 is 0 Å². The van der Waals surface area contributed by atoms with Gasteiger partial charge in [0.1, 0.15) is 0 Å². The maximum Gasteiger partial charge on any atom is 0.303 e. The molecule has 1 aromatic heterocycles. The van der Waals surface area contributed by atoms with Crippen molar-refractivity contribution in [3.05, 3.63) is 29.1 Å². The van der Waals surface area contributed by atoms with Crippen LogP contribution >= 0.6 is 0 Å². The van der Waals surface area contributed by atoms with Gasteiger partial charge in [-0.15, -0.1) is 0 Å². The Hall–Kier alpha value is -0.963. The predicted octanol–water partition coefficient (Wildman–Crippen LogP) is 2.97. The van der Waals surface area contributed by atoms with Crippen LogP contribution in [0.25, 0.3) is 0 Å². The van der Waals surface area contributed by atoms with Gasteiger partial charge in [-0.05, 0) is 24.7 Å². The molecule has 0 saturated carbocycles. The van der Waals surface area contributed by atoms with E-state index in [2.05, 4.69) is 37.7 Å². The number of hydrogen-bond donors (Lipinski definition) is 1. The molecule has 0 bridgehead atoms. The first-order valence-electron chi connectivity index (χ1n) is 6.25. The zero-order chi connectivity index (χ0) is 12.7. The van der Waals surface area contributed by atoms with Crippen molar-refractivity contribution in [2.45, 2.75) is 46.0 Å². The summed E-state index contributed by atoms with van der Waals surface area (Å²) in [6.45, 7) is 4.57. The number of carbonyl (C=O) groups is 1. The van der Waals surface area contributed by atoms with Gasteiger partial charge in [0.05, 0.1) is 0 Å². The highest BCUT2D eigenvalue weighted by atomic mass is 28.2. The Morgan fingerprint density at radius 2 is 2.12 bits per heavy atom. The molecule has 0 aliphatic rings. The molecule has 0 radical (unpaired) electrons. The number of carboxylic acid groups (broad SMARTS) is 1. The fourth-order valence-corrected chi connectivity index (χ4v) is 3.50. The third-order valence-corrected chi connectivity index (χ3v) is 4.26. The Morgan fingerprint density at radius 3 is 2.71 bits per heavy atom. The highest BCUT2D eigenvalue weighted by molar-refractivity contribution is 6.30. The molecule has 1 N–H and O–H groups in total. The molecule has 0 spiro atoms. The maximum atomic E-state index is 10.4. The maximum absolute atomic E-state index is 10.4. The third kappa shape index (κ3) is 6.37. The Morgan fingerprint density at radius 1 is 1.35 bits per heavy atom. The molecule has 3 heteroatoms. The van der Waals surface area contributed by atoms with Gasteiger partial charge in [0, 0.05) is 15.5 Å². The summed E-state index contributed by atoms with van der Waals surface area (Å²) >= 11 is 0. The first-order valence-corrected chi connectivity index (χ1v) is 7.50. The molecule has 1 heterocycles. The molecule has 94 valence electrons. The van der Waals surface area contributed by atoms with Crippen LogP contribution in [0.5, 0.6) is 0 Å². The average Bonchev–Trinajstić information content (AvgIpc) is 2.25. The molecule has 0 aromatic carbocycles. The lowest BCUT2D eigenvalue weighted by Gasteiger charge is -2.24. The van der Waals surface area contributed by atoms with Crippen LogP contribution in [-0.2, 0) is 11.2 Å². The minimum atomic E-state index is -0.679. The summed E-state index contributed by atoms with van der Waals surface area (Å²) in [5, 5.41) is 10.2. The van der Waals surface area contributed by atoms with E-state index >= 15 is 0 Å². The summed E-state index contributed by atoms with van der Waals surface area (Å²) in [6, 6.07) is 6.49. The van der Waals surface area contributed by atoms with Crippen LogP contribution in [-0.4, -0.2) is 20.2 Å². The van der Waals surface area contributed by atoms with Crippen molar-refractivity contribution >= 4 is 15.1 Å². The number of hydrogen-bond acceptors (Lipinski definition) is 1. The Kier molecular flexibility index (Phi) is 5.55. The van der Waals surface area contributed by atoms with Crippen molar-refractivity contribution < 1.29 is 9.90 Å². The topological polar surface area (TPSA) is 37.3 Å². The first kappa shape index (κ1) is 14.1. The molecular formula is C14H22O2Si. The van der Waals surface area contributed by atoms with E-state index in [9.17, 15) is 4.79 Å². The SMILES string of the molecule is CC(C)(CCCCC(=O)O)Cc1cccc[siH]1. The molecule has 0 amide bonds. The number of rotatable bonds is 7. The summed E-state index contributed by atoms with van der Waals surface area (Å²) in [7, 11) is 0.340. The second kappa shape index (κ2) is 6.69. The smallest absolute Gasteiger partial charge is 0.303 e. The zero-order valence-corrected chi connectivity index (χ0v) is 11.9. The van der Waals surface area contributed by atoms with Crippen molar-refractivity contribution in [3.8, 4) is 0 Å². The molecule has 0 saturated heterocycles. The van der Waals surface area contributed by atoms with E-state index in [0.29, 0.717) is 21.0 Å². The molecular weight excluding hydrogens is 228 g/mol. The van der Waals surface area contributed by atoms with E-state index in [1.165, 1.54) is 0 Å².